The Morgan fingerprint density at radius 2 is 2.22 bits per heavy atom. The van der Waals surface area contributed by atoms with Gasteiger partial charge in [-0.25, -0.2) is 4.98 Å². The average Bonchev–Trinajstić information content (AvgIpc) is 2.89. The summed E-state index contributed by atoms with van der Waals surface area (Å²) in [5.74, 6) is 0.944. The maximum atomic E-state index is 4.31. The van der Waals surface area contributed by atoms with E-state index in [9.17, 15) is 0 Å². The molecule has 0 aliphatic heterocycles. The quantitative estimate of drug-likeness (QED) is 0.861. The molecular weight excluding hydrogens is 242 g/mol. The molecule has 2 aromatic rings. The molecular formula is C14H19N3S. The molecule has 0 unspecified atom stereocenters. The number of pyridine rings is 1. The molecule has 2 heterocycles. The van der Waals surface area contributed by atoms with Crippen molar-refractivity contribution in [3.63, 3.8) is 0 Å². The first kappa shape index (κ1) is 12.9. The second-order valence-corrected chi connectivity index (χ2v) is 5.06. The van der Waals surface area contributed by atoms with Gasteiger partial charge < -0.3 is 10.2 Å². The van der Waals surface area contributed by atoms with Gasteiger partial charge in [0.05, 0.1) is 6.54 Å². The zero-order valence-corrected chi connectivity index (χ0v) is 11.7. The molecule has 3 nitrogen and oxygen atoms in total. The number of hydrogen-bond donors (Lipinski definition) is 1. The molecule has 96 valence electrons. The molecule has 0 bridgehead atoms. The molecule has 0 aliphatic rings. The summed E-state index contributed by atoms with van der Waals surface area (Å²) >= 11 is 1.80. The first-order valence-corrected chi connectivity index (χ1v) is 7.18. The van der Waals surface area contributed by atoms with E-state index in [4.69, 9.17) is 0 Å². The second kappa shape index (κ2) is 6.40. The van der Waals surface area contributed by atoms with Crippen LogP contribution in [0.2, 0.25) is 0 Å². The summed E-state index contributed by atoms with van der Waals surface area (Å²) in [6, 6.07) is 8.46. The molecule has 0 atom stereocenters. The van der Waals surface area contributed by atoms with Crippen molar-refractivity contribution in [2.75, 3.05) is 23.3 Å². The van der Waals surface area contributed by atoms with Gasteiger partial charge in [-0.3, -0.25) is 0 Å². The normalized spacial score (nSPS) is 10.3. The van der Waals surface area contributed by atoms with Crippen molar-refractivity contribution in [3.8, 4) is 0 Å². The van der Waals surface area contributed by atoms with Crippen LogP contribution in [0, 0.1) is 0 Å². The molecule has 0 aromatic carbocycles. The largest absolute Gasteiger partial charge is 0.370 e. The van der Waals surface area contributed by atoms with Crippen LogP contribution in [0.3, 0.4) is 0 Å². The Balaban J connectivity index is 2.13. The number of aromatic nitrogens is 1. The minimum atomic E-state index is 0.896. The maximum absolute atomic E-state index is 4.31. The van der Waals surface area contributed by atoms with Crippen molar-refractivity contribution >= 4 is 22.8 Å². The van der Waals surface area contributed by atoms with Crippen LogP contribution in [-0.4, -0.2) is 18.1 Å². The molecule has 4 heteroatoms. The summed E-state index contributed by atoms with van der Waals surface area (Å²) in [5.41, 5.74) is 1.22. The molecule has 2 rings (SSSR count). The van der Waals surface area contributed by atoms with E-state index in [1.807, 2.05) is 6.20 Å². The Morgan fingerprint density at radius 1 is 1.33 bits per heavy atom. The predicted molar refractivity (Wildman–Crippen MR) is 79.4 cm³/mol. The lowest BCUT2D eigenvalue weighted by molar-refractivity contribution is 0.841. The lowest BCUT2D eigenvalue weighted by Gasteiger charge is -2.22. The molecule has 0 amide bonds. The van der Waals surface area contributed by atoms with Gasteiger partial charge in [0.15, 0.2) is 0 Å². The fraction of sp³-hybridized carbons (Fsp3) is 0.357. The summed E-state index contributed by atoms with van der Waals surface area (Å²) in [7, 11) is 0. The number of hydrogen-bond acceptors (Lipinski definition) is 4. The molecule has 0 saturated carbocycles. The van der Waals surface area contributed by atoms with Gasteiger partial charge in [0.2, 0.25) is 0 Å². The van der Waals surface area contributed by atoms with Gasteiger partial charge in [0.1, 0.15) is 5.82 Å². The molecule has 18 heavy (non-hydrogen) atoms. The molecule has 0 radical (unpaired) electrons. The highest BCUT2D eigenvalue weighted by atomic mass is 32.1. The molecule has 0 saturated heterocycles. The molecule has 2 aromatic heterocycles. The van der Waals surface area contributed by atoms with Gasteiger partial charge in [-0.2, -0.15) is 0 Å². The first-order valence-electron chi connectivity index (χ1n) is 6.30. The average molecular weight is 261 g/mol. The fourth-order valence-corrected chi connectivity index (χ4v) is 2.59. The van der Waals surface area contributed by atoms with Crippen molar-refractivity contribution < 1.29 is 0 Å². The number of rotatable bonds is 6. The van der Waals surface area contributed by atoms with E-state index >= 15 is 0 Å². The van der Waals surface area contributed by atoms with Crippen LogP contribution < -0.4 is 10.2 Å². The zero-order valence-electron chi connectivity index (χ0n) is 10.9. The van der Waals surface area contributed by atoms with Crippen molar-refractivity contribution in [2.45, 2.75) is 20.4 Å². The SMILES string of the molecule is CCNc1cc(N(CC)Cc2cccs2)ccn1. The number of thiophene rings is 1. The van der Waals surface area contributed by atoms with E-state index in [2.05, 4.69) is 58.7 Å². The summed E-state index contributed by atoms with van der Waals surface area (Å²) in [6.07, 6.45) is 1.87. The third kappa shape index (κ3) is 3.23. The summed E-state index contributed by atoms with van der Waals surface area (Å²) in [5, 5.41) is 5.38. The van der Waals surface area contributed by atoms with Gasteiger partial charge in [0.25, 0.3) is 0 Å². The van der Waals surface area contributed by atoms with E-state index in [1.165, 1.54) is 10.6 Å². The Bertz CT molecular complexity index is 468. The minimum absolute atomic E-state index is 0.896. The summed E-state index contributed by atoms with van der Waals surface area (Å²) < 4.78 is 0. The van der Waals surface area contributed by atoms with Gasteiger partial charge in [0, 0.05) is 35.9 Å². The van der Waals surface area contributed by atoms with Gasteiger partial charge in [-0.05, 0) is 31.4 Å². The standard InChI is InChI=1S/C14H19N3S/c1-3-15-14-10-12(7-8-16-14)17(4-2)11-13-6-5-9-18-13/h5-10H,3-4,11H2,1-2H3,(H,15,16). The van der Waals surface area contributed by atoms with Crippen molar-refractivity contribution in [1.82, 2.24) is 4.98 Å². The number of anilines is 2. The lowest BCUT2D eigenvalue weighted by Crippen LogP contribution is -2.21. The Morgan fingerprint density at radius 3 is 2.89 bits per heavy atom. The third-order valence-corrected chi connectivity index (χ3v) is 3.64. The minimum Gasteiger partial charge on any atom is -0.370 e. The molecule has 0 spiro atoms. The van der Waals surface area contributed by atoms with Gasteiger partial charge in [-0.1, -0.05) is 6.07 Å². The molecule has 1 N–H and O–H groups in total. The highest BCUT2D eigenvalue weighted by molar-refractivity contribution is 7.09. The van der Waals surface area contributed by atoms with Crippen LogP contribution in [0.15, 0.2) is 35.8 Å². The number of nitrogens with one attached hydrogen (secondary N) is 1. The highest BCUT2D eigenvalue weighted by Crippen LogP contribution is 2.21. The Kier molecular flexibility index (Phi) is 4.59. The van der Waals surface area contributed by atoms with E-state index in [1.54, 1.807) is 11.3 Å². The summed E-state index contributed by atoms with van der Waals surface area (Å²) in [6.45, 7) is 7.11. The van der Waals surface area contributed by atoms with Crippen LogP contribution in [0.4, 0.5) is 11.5 Å². The Labute approximate surface area is 112 Å². The first-order chi connectivity index (χ1) is 8.83. The highest BCUT2D eigenvalue weighted by Gasteiger charge is 2.07. The number of nitrogens with zero attached hydrogens (tertiary/aromatic N) is 2. The monoisotopic (exact) mass is 261 g/mol. The topological polar surface area (TPSA) is 28.2 Å². The van der Waals surface area contributed by atoms with Crippen LogP contribution in [0.5, 0.6) is 0 Å². The van der Waals surface area contributed by atoms with Crippen LogP contribution in [-0.2, 0) is 6.54 Å². The smallest absolute Gasteiger partial charge is 0.127 e. The van der Waals surface area contributed by atoms with Crippen molar-refractivity contribution in [1.29, 1.82) is 0 Å². The van der Waals surface area contributed by atoms with Crippen molar-refractivity contribution in [2.24, 2.45) is 0 Å². The molecule has 0 aliphatic carbocycles. The predicted octanol–water partition coefficient (Wildman–Crippen LogP) is 3.60. The van der Waals surface area contributed by atoms with E-state index < -0.39 is 0 Å². The fourth-order valence-electron chi connectivity index (χ4n) is 1.87. The zero-order chi connectivity index (χ0) is 12.8. The second-order valence-electron chi connectivity index (χ2n) is 4.02. The van der Waals surface area contributed by atoms with Crippen LogP contribution >= 0.6 is 11.3 Å². The summed E-state index contributed by atoms with van der Waals surface area (Å²) in [4.78, 5) is 8.05. The van der Waals surface area contributed by atoms with Crippen LogP contribution in [0.25, 0.3) is 0 Å². The maximum Gasteiger partial charge on any atom is 0.127 e. The third-order valence-electron chi connectivity index (χ3n) is 2.78. The van der Waals surface area contributed by atoms with E-state index in [0.717, 1.165) is 25.5 Å². The van der Waals surface area contributed by atoms with Crippen molar-refractivity contribution in [3.05, 3.63) is 40.7 Å². The Hall–Kier alpha value is -1.55. The van der Waals surface area contributed by atoms with Crippen LogP contribution in [0.1, 0.15) is 18.7 Å². The van der Waals surface area contributed by atoms with Gasteiger partial charge in [-0.15, -0.1) is 11.3 Å². The van der Waals surface area contributed by atoms with Gasteiger partial charge >= 0.3 is 0 Å². The molecule has 0 fully saturated rings. The lowest BCUT2D eigenvalue weighted by atomic mass is 10.3. The van der Waals surface area contributed by atoms with E-state index in [0.29, 0.717) is 0 Å². The van der Waals surface area contributed by atoms with E-state index in [-0.39, 0.29) is 0 Å².